The average molecular weight is 255 g/mol. The number of hydrogen-bond donors (Lipinski definition) is 0. The molecule has 2 rings (SSSR count). The van der Waals surface area contributed by atoms with E-state index in [0.29, 0.717) is 0 Å². The van der Waals surface area contributed by atoms with E-state index in [4.69, 9.17) is 4.98 Å². The van der Waals surface area contributed by atoms with Crippen molar-refractivity contribution < 1.29 is 4.79 Å². The van der Waals surface area contributed by atoms with Crippen LogP contribution in [0.2, 0.25) is 0 Å². The van der Waals surface area contributed by atoms with Crippen LogP contribution in [0.5, 0.6) is 0 Å². The number of ketones is 1. The van der Waals surface area contributed by atoms with Crippen LogP contribution >= 0.6 is 0 Å². The number of pyridine rings is 1. The minimum atomic E-state index is -0.0563. The molecular formula is C17H21NO. The monoisotopic (exact) mass is 255 g/mol. The molecule has 0 aliphatic rings. The highest BCUT2D eigenvalue weighted by molar-refractivity contribution is 6.06. The Balaban J connectivity index is 2.88. The van der Waals surface area contributed by atoms with Crippen molar-refractivity contribution in [2.45, 2.75) is 46.5 Å². The van der Waals surface area contributed by atoms with Gasteiger partial charge in [0, 0.05) is 22.1 Å². The smallest absolute Gasteiger partial charge is 0.160 e. The van der Waals surface area contributed by atoms with Gasteiger partial charge in [0.15, 0.2) is 5.78 Å². The van der Waals surface area contributed by atoms with Crippen molar-refractivity contribution in [1.82, 2.24) is 4.98 Å². The number of fused-ring (bicyclic) bond motifs is 1. The van der Waals surface area contributed by atoms with Gasteiger partial charge in [-0.3, -0.25) is 9.78 Å². The van der Waals surface area contributed by atoms with Gasteiger partial charge in [0.05, 0.1) is 5.52 Å². The molecule has 0 saturated heterocycles. The number of aryl methyl sites for hydroxylation is 1. The topological polar surface area (TPSA) is 30.0 Å². The zero-order chi connectivity index (χ0) is 14.2. The van der Waals surface area contributed by atoms with Crippen LogP contribution in [0.25, 0.3) is 10.9 Å². The van der Waals surface area contributed by atoms with E-state index in [-0.39, 0.29) is 11.2 Å². The number of carbonyl (C=O) groups is 1. The van der Waals surface area contributed by atoms with Crippen LogP contribution in [0.4, 0.5) is 0 Å². The molecule has 19 heavy (non-hydrogen) atoms. The van der Waals surface area contributed by atoms with Crippen molar-refractivity contribution in [2.24, 2.45) is 0 Å². The summed E-state index contributed by atoms with van der Waals surface area (Å²) in [6, 6.07) is 8.03. The number of para-hydroxylation sites is 1. The molecule has 0 fully saturated rings. The molecule has 2 heteroatoms. The van der Waals surface area contributed by atoms with Gasteiger partial charge in [-0.15, -0.1) is 0 Å². The Morgan fingerprint density at radius 3 is 2.47 bits per heavy atom. The van der Waals surface area contributed by atoms with Crippen LogP contribution in [0, 0.1) is 0 Å². The number of benzene rings is 1. The van der Waals surface area contributed by atoms with E-state index in [1.165, 1.54) is 5.56 Å². The molecule has 0 radical (unpaired) electrons. The summed E-state index contributed by atoms with van der Waals surface area (Å²) in [7, 11) is 0. The number of rotatable bonds is 2. The van der Waals surface area contributed by atoms with Crippen LogP contribution in [0.1, 0.15) is 56.2 Å². The molecular weight excluding hydrogens is 234 g/mol. The largest absolute Gasteiger partial charge is 0.294 e. The predicted octanol–water partition coefficient (Wildman–Crippen LogP) is 4.30. The molecule has 0 spiro atoms. The maximum absolute atomic E-state index is 11.9. The molecule has 1 heterocycles. The molecule has 0 saturated carbocycles. The number of nitrogens with zero attached hydrogens (tertiary/aromatic N) is 1. The fourth-order valence-electron chi connectivity index (χ4n) is 2.27. The number of carbonyl (C=O) groups excluding carboxylic acids is 1. The van der Waals surface area contributed by atoms with Gasteiger partial charge in [-0.25, -0.2) is 0 Å². The fraction of sp³-hybridized carbons (Fsp3) is 0.412. The highest BCUT2D eigenvalue weighted by atomic mass is 16.1. The van der Waals surface area contributed by atoms with E-state index < -0.39 is 0 Å². The Bertz CT molecular complexity index is 635. The number of aromatic nitrogens is 1. The highest BCUT2D eigenvalue weighted by Crippen LogP contribution is 2.28. The first-order valence-electron chi connectivity index (χ1n) is 6.78. The average Bonchev–Trinajstić information content (AvgIpc) is 2.35. The quantitative estimate of drug-likeness (QED) is 0.749. The molecule has 0 unspecified atom stereocenters. The van der Waals surface area contributed by atoms with Crippen molar-refractivity contribution in [3.8, 4) is 0 Å². The third-order valence-electron chi connectivity index (χ3n) is 3.45. The number of Topliss-reactive ketones (excluding diaryl/α,β-unsaturated/α-hetero) is 1. The predicted molar refractivity (Wildman–Crippen MR) is 79.8 cm³/mol. The Hall–Kier alpha value is -1.70. The van der Waals surface area contributed by atoms with Crippen molar-refractivity contribution in [3.63, 3.8) is 0 Å². The number of hydrogen-bond acceptors (Lipinski definition) is 2. The van der Waals surface area contributed by atoms with Gasteiger partial charge in [0.1, 0.15) is 0 Å². The molecule has 1 aromatic carbocycles. The van der Waals surface area contributed by atoms with Crippen molar-refractivity contribution in [3.05, 3.63) is 41.1 Å². The molecule has 0 atom stereocenters. The van der Waals surface area contributed by atoms with Crippen molar-refractivity contribution >= 4 is 16.7 Å². The second kappa shape index (κ2) is 4.76. The van der Waals surface area contributed by atoms with Crippen LogP contribution in [-0.4, -0.2) is 10.8 Å². The van der Waals surface area contributed by atoms with Gasteiger partial charge in [0.25, 0.3) is 0 Å². The van der Waals surface area contributed by atoms with E-state index in [2.05, 4.69) is 33.8 Å². The lowest BCUT2D eigenvalue weighted by Crippen LogP contribution is -2.15. The zero-order valence-electron chi connectivity index (χ0n) is 12.4. The first-order chi connectivity index (χ1) is 8.84. The molecule has 0 amide bonds. The normalized spacial score (nSPS) is 11.8. The summed E-state index contributed by atoms with van der Waals surface area (Å²) in [6.07, 6.45) is 0.926. The highest BCUT2D eigenvalue weighted by Gasteiger charge is 2.19. The lowest BCUT2D eigenvalue weighted by molar-refractivity contribution is 0.101. The standard InChI is InChI=1S/C17H21NO/c1-6-12-8-7-9-13-14(11(2)19)10-15(17(3,4)5)18-16(12)13/h7-10H,6H2,1-5H3. The third kappa shape index (κ3) is 2.53. The first-order valence-corrected chi connectivity index (χ1v) is 6.78. The fourth-order valence-corrected chi connectivity index (χ4v) is 2.27. The lowest BCUT2D eigenvalue weighted by atomic mass is 9.88. The van der Waals surface area contributed by atoms with Crippen LogP contribution < -0.4 is 0 Å². The van der Waals surface area contributed by atoms with Gasteiger partial charge >= 0.3 is 0 Å². The Labute approximate surface area is 114 Å². The minimum absolute atomic E-state index is 0.0563. The Kier molecular flexibility index (Phi) is 3.44. The van der Waals surface area contributed by atoms with E-state index in [9.17, 15) is 4.79 Å². The van der Waals surface area contributed by atoms with Crippen LogP contribution in [0.15, 0.2) is 24.3 Å². The summed E-state index contributed by atoms with van der Waals surface area (Å²) in [6.45, 7) is 10.1. The molecule has 1 aromatic heterocycles. The minimum Gasteiger partial charge on any atom is -0.294 e. The van der Waals surface area contributed by atoms with Gasteiger partial charge < -0.3 is 0 Å². The van der Waals surface area contributed by atoms with Gasteiger partial charge in [-0.05, 0) is 25.0 Å². The first kappa shape index (κ1) is 13.7. The van der Waals surface area contributed by atoms with Gasteiger partial charge in [-0.2, -0.15) is 0 Å². The SMILES string of the molecule is CCc1cccc2c(C(C)=O)cc(C(C)(C)C)nc12. The molecule has 100 valence electrons. The molecule has 0 aliphatic carbocycles. The molecule has 0 bridgehead atoms. The van der Waals surface area contributed by atoms with E-state index in [1.54, 1.807) is 6.92 Å². The Morgan fingerprint density at radius 2 is 1.95 bits per heavy atom. The summed E-state index contributed by atoms with van der Waals surface area (Å²) in [5, 5.41) is 0.972. The third-order valence-corrected chi connectivity index (χ3v) is 3.45. The zero-order valence-corrected chi connectivity index (χ0v) is 12.4. The molecule has 0 N–H and O–H groups in total. The van der Waals surface area contributed by atoms with Gasteiger partial charge in [0.2, 0.25) is 0 Å². The molecule has 2 nitrogen and oxygen atoms in total. The summed E-state index contributed by atoms with van der Waals surface area (Å²) in [5.41, 5.74) is 3.88. The maximum Gasteiger partial charge on any atom is 0.160 e. The Morgan fingerprint density at radius 1 is 1.26 bits per heavy atom. The maximum atomic E-state index is 11.9. The summed E-state index contributed by atoms with van der Waals surface area (Å²) in [5.74, 6) is 0.103. The van der Waals surface area contributed by atoms with Gasteiger partial charge in [-0.1, -0.05) is 45.9 Å². The van der Waals surface area contributed by atoms with E-state index >= 15 is 0 Å². The van der Waals surface area contributed by atoms with Crippen molar-refractivity contribution in [1.29, 1.82) is 0 Å². The second-order valence-corrected chi connectivity index (χ2v) is 6.03. The molecule has 2 aromatic rings. The van der Waals surface area contributed by atoms with E-state index in [0.717, 1.165) is 28.6 Å². The van der Waals surface area contributed by atoms with Crippen molar-refractivity contribution in [2.75, 3.05) is 0 Å². The summed E-state index contributed by atoms with van der Waals surface area (Å²) in [4.78, 5) is 16.7. The van der Waals surface area contributed by atoms with Crippen LogP contribution in [0.3, 0.4) is 0 Å². The lowest BCUT2D eigenvalue weighted by Gasteiger charge is -2.20. The summed E-state index contributed by atoms with van der Waals surface area (Å²) < 4.78 is 0. The second-order valence-electron chi connectivity index (χ2n) is 6.03. The van der Waals surface area contributed by atoms with Crippen LogP contribution in [-0.2, 0) is 11.8 Å². The van der Waals surface area contributed by atoms with E-state index in [1.807, 2.05) is 18.2 Å². The molecule has 0 aliphatic heterocycles. The summed E-state index contributed by atoms with van der Waals surface area (Å²) >= 11 is 0.